The molecule has 1 aliphatic heterocycles. The number of nitrogens with one attached hydrogen (secondary N) is 2. The van der Waals surface area contributed by atoms with Gasteiger partial charge in [-0.15, -0.1) is 24.8 Å². The molecule has 2 atom stereocenters. The molecule has 5 nitrogen and oxygen atoms in total. The predicted molar refractivity (Wildman–Crippen MR) is 116 cm³/mol. The van der Waals surface area contributed by atoms with Gasteiger partial charge in [0, 0.05) is 12.6 Å². The number of hydrogen-bond donors (Lipinski definition) is 2. The van der Waals surface area contributed by atoms with Crippen LogP contribution in [0.25, 0.3) is 0 Å². The second-order valence-corrected chi connectivity index (χ2v) is 6.87. The van der Waals surface area contributed by atoms with Crippen molar-refractivity contribution in [3.05, 3.63) is 59.9 Å². The number of ether oxygens (including phenoxy) is 1. The van der Waals surface area contributed by atoms with E-state index < -0.39 is 0 Å². The minimum atomic E-state index is -0.0393. The molecule has 1 fully saturated rings. The molecule has 2 N–H and O–H groups in total. The Balaban J connectivity index is 0.00000196. The van der Waals surface area contributed by atoms with Gasteiger partial charge in [0.1, 0.15) is 12.4 Å². The fourth-order valence-corrected chi connectivity index (χ4v) is 3.21. The number of carbonyl (C=O) groups excluding carboxylic acids is 1. The SMILES string of the molecule is CC(NC(=O)CCC1CCNC1)c1cccc(OCc2ccccn2)c1.Cl.Cl. The molecule has 154 valence electrons. The van der Waals surface area contributed by atoms with E-state index in [0.717, 1.165) is 36.5 Å². The van der Waals surface area contributed by atoms with Gasteiger partial charge in [-0.2, -0.15) is 0 Å². The molecule has 2 aromatic rings. The number of carbonyl (C=O) groups is 1. The molecule has 1 aromatic heterocycles. The summed E-state index contributed by atoms with van der Waals surface area (Å²) in [6.07, 6.45) is 4.48. The van der Waals surface area contributed by atoms with Crippen LogP contribution in [0.3, 0.4) is 0 Å². The van der Waals surface area contributed by atoms with Gasteiger partial charge in [0.05, 0.1) is 11.7 Å². The van der Waals surface area contributed by atoms with E-state index in [9.17, 15) is 4.79 Å². The molecule has 1 amide bonds. The van der Waals surface area contributed by atoms with E-state index >= 15 is 0 Å². The zero-order valence-electron chi connectivity index (χ0n) is 16.1. The van der Waals surface area contributed by atoms with Crippen LogP contribution < -0.4 is 15.4 Å². The van der Waals surface area contributed by atoms with Gasteiger partial charge < -0.3 is 15.4 Å². The number of nitrogens with zero attached hydrogens (tertiary/aromatic N) is 1. The number of rotatable bonds is 8. The van der Waals surface area contributed by atoms with Gasteiger partial charge in [0.2, 0.25) is 5.91 Å². The largest absolute Gasteiger partial charge is 0.487 e. The number of halogens is 2. The van der Waals surface area contributed by atoms with Gasteiger partial charge >= 0.3 is 0 Å². The summed E-state index contributed by atoms with van der Waals surface area (Å²) in [6.45, 7) is 4.56. The van der Waals surface area contributed by atoms with E-state index in [-0.39, 0.29) is 36.8 Å². The first-order valence-corrected chi connectivity index (χ1v) is 9.33. The summed E-state index contributed by atoms with van der Waals surface area (Å²) in [6, 6.07) is 13.6. The van der Waals surface area contributed by atoms with Gasteiger partial charge in [-0.05, 0) is 68.6 Å². The van der Waals surface area contributed by atoms with Crippen LogP contribution >= 0.6 is 24.8 Å². The number of hydrogen-bond acceptors (Lipinski definition) is 4. The van der Waals surface area contributed by atoms with Crippen molar-refractivity contribution in [1.29, 1.82) is 0 Å². The summed E-state index contributed by atoms with van der Waals surface area (Å²) in [5.74, 6) is 1.54. The Morgan fingerprint density at radius 1 is 1.29 bits per heavy atom. The van der Waals surface area contributed by atoms with Crippen LogP contribution in [0.1, 0.15) is 43.5 Å². The lowest BCUT2D eigenvalue weighted by Gasteiger charge is -2.16. The standard InChI is InChI=1S/C21H27N3O2.2ClH/c1-16(24-21(25)9-8-17-10-12-22-14-17)18-5-4-7-20(13-18)26-15-19-6-2-3-11-23-19;;/h2-7,11,13,16-17,22H,8-10,12,14-15H2,1H3,(H,24,25);2*1H. The van der Waals surface area contributed by atoms with Crippen molar-refractivity contribution in [3.8, 4) is 5.75 Å². The van der Waals surface area contributed by atoms with E-state index in [2.05, 4.69) is 15.6 Å². The van der Waals surface area contributed by atoms with Crippen LogP contribution in [0.4, 0.5) is 0 Å². The zero-order valence-corrected chi connectivity index (χ0v) is 17.7. The van der Waals surface area contributed by atoms with Crippen molar-refractivity contribution < 1.29 is 9.53 Å². The highest BCUT2D eigenvalue weighted by atomic mass is 35.5. The van der Waals surface area contributed by atoms with E-state index in [4.69, 9.17) is 4.74 Å². The summed E-state index contributed by atoms with van der Waals surface area (Å²) >= 11 is 0. The van der Waals surface area contributed by atoms with Gasteiger partial charge in [-0.1, -0.05) is 18.2 Å². The van der Waals surface area contributed by atoms with Crippen LogP contribution in [-0.2, 0) is 11.4 Å². The molecule has 3 rings (SSSR count). The summed E-state index contributed by atoms with van der Waals surface area (Å²) < 4.78 is 5.82. The van der Waals surface area contributed by atoms with Gasteiger partial charge in [-0.25, -0.2) is 0 Å². The Labute approximate surface area is 179 Å². The minimum absolute atomic E-state index is 0. The van der Waals surface area contributed by atoms with Crippen molar-refractivity contribution in [2.75, 3.05) is 13.1 Å². The van der Waals surface area contributed by atoms with Gasteiger partial charge in [0.15, 0.2) is 0 Å². The number of pyridine rings is 1. The smallest absolute Gasteiger partial charge is 0.220 e. The van der Waals surface area contributed by atoms with Crippen molar-refractivity contribution in [2.45, 2.75) is 38.8 Å². The molecule has 0 spiro atoms. The second-order valence-electron chi connectivity index (χ2n) is 6.87. The lowest BCUT2D eigenvalue weighted by molar-refractivity contribution is -0.122. The number of amides is 1. The fraction of sp³-hybridized carbons (Fsp3) is 0.429. The van der Waals surface area contributed by atoms with Crippen molar-refractivity contribution in [1.82, 2.24) is 15.6 Å². The lowest BCUT2D eigenvalue weighted by Crippen LogP contribution is -2.27. The zero-order chi connectivity index (χ0) is 18.2. The van der Waals surface area contributed by atoms with Crippen molar-refractivity contribution in [3.63, 3.8) is 0 Å². The lowest BCUT2D eigenvalue weighted by atomic mass is 10.0. The van der Waals surface area contributed by atoms with Crippen LogP contribution in [0, 0.1) is 5.92 Å². The molecule has 1 aromatic carbocycles. The maximum atomic E-state index is 12.2. The highest BCUT2D eigenvalue weighted by Gasteiger charge is 2.17. The molecule has 1 saturated heterocycles. The van der Waals surface area contributed by atoms with Gasteiger partial charge in [0.25, 0.3) is 0 Å². The molecule has 7 heteroatoms. The first kappa shape index (κ1) is 24.2. The van der Waals surface area contributed by atoms with Crippen LogP contribution in [0.2, 0.25) is 0 Å². The van der Waals surface area contributed by atoms with Crippen LogP contribution in [0.15, 0.2) is 48.7 Å². The third-order valence-corrected chi connectivity index (χ3v) is 4.79. The maximum absolute atomic E-state index is 12.2. The topological polar surface area (TPSA) is 63.2 Å². The average molecular weight is 426 g/mol. The Hall–Kier alpha value is -1.82. The molecule has 0 aliphatic carbocycles. The summed E-state index contributed by atoms with van der Waals surface area (Å²) in [5, 5.41) is 6.44. The van der Waals surface area contributed by atoms with E-state index in [1.807, 2.05) is 49.4 Å². The fourth-order valence-electron chi connectivity index (χ4n) is 3.21. The number of benzene rings is 1. The third kappa shape index (κ3) is 7.66. The highest BCUT2D eigenvalue weighted by Crippen LogP contribution is 2.21. The van der Waals surface area contributed by atoms with E-state index in [1.165, 1.54) is 6.42 Å². The molecular weight excluding hydrogens is 397 g/mol. The molecule has 1 aliphatic rings. The van der Waals surface area contributed by atoms with E-state index in [1.54, 1.807) is 6.20 Å². The van der Waals surface area contributed by atoms with Gasteiger partial charge in [-0.3, -0.25) is 9.78 Å². The molecule has 0 bridgehead atoms. The van der Waals surface area contributed by atoms with Crippen molar-refractivity contribution in [2.24, 2.45) is 5.92 Å². The molecular formula is C21H29Cl2N3O2. The van der Waals surface area contributed by atoms with Crippen LogP contribution in [0.5, 0.6) is 5.75 Å². The number of aromatic nitrogens is 1. The molecule has 0 saturated carbocycles. The quantitative estimate of drug-likeness (QED) is 0.668. The summed E-state index contributed by atoms with van der Waals surface area (Å²) in [5.41, 5.74) is 1.93. The summed E-state index contributed by atoms with van der Waals surface area (Å²) in [7, 11) is 0. The molecule has 28 heavy (non-hydrogen) atoms. The second kappa shape index (κ2) is 12.6. The Kier molecular flexibility index (Phi) is 10.9. The maximum Gasteiger partial charge on any atom is 0.220 e. The Morgan fingerprint density at radius 2 is 2.14 bits per heavy atom. The van der Waals surface area contributed by atoms with Crippen LogP contribution in [-0.4, -0.2) is 24.0 Å². The Morgan fingerprint density at radius 3 is 2.86 bits per heavy atom. The first-order chi connectivity index (χ1) is 12.7. The average Bonchev–Trinajstić information content (AvgIpc) is 3.19. The monoisotopic (exact) mass is 425 g/mol. The minimum Gasteiger partial charge on any atom is -0.487 e. The summed E-state index contributed by atoms with van der Waals surface area (Å²) in [4.78, 5) is 16.5. The predicted octanol–water partition coefficient (Wildman–Crippen LogP) is 4.07. The Bertz CT molecular complexity index is 710. The molecule has 0 radical (unpaired) electrons. The normalized spacial score (nSPS) is 16.4. The van der Waals surface area contributed by atoms with Crippen molar-refractivity contribution >= 4 is 30.7 Å². The molecule has 2 unspecified atom stereocenters. The van der Waals surface area contributed by atoms with E-state index in [0.29, 0.717) is 18.9 Å². The molecule has 2 heterocycles. The third-order valence-electron chi connectivity index (χ3n) is 4.79. The highest BCUT2D eigenvalue weighted by molar-refractivity contribution is 5.85. The first-order valence-electron chi connectivity index (χ1n) is 9.33.